The standard InChI is InChI=1S/C23H23Cl4NO/c1-4-22(5-2)18-13-17(24)11-12-19(18)28(6-3)21(22)14-20(29)15-7-9-16(10-8-15)23(25,26)27/h7-14H,4-6H2,1-3H3/b21-14+. The first-order chi connectivity index (χ1) is 13.7. The molecule has 1 aliphatic heterocycles. The summed E-state index contributed by atoms with van der Waals surface area (Å²) in [4.78, 5) is 15.3. The third-order valence-electron chi connectivity index (χ3n) is 5.83. The maximum Gasteiger partial charge on any atom is 0.216 e. The molecule has 2 aromatic rings. The molecule has 0 radical (unpaired) electrons. The highest BCUT2D eigenvalue weighted by atomic mass is 35.6. The SMILES string of the molecule is CCN1/C(=C/C(=O)c2ccc(C(Cl)(Cl)Cl)cc2)C(CC)(CC)c2cc(Cl)ccc21. The minimum atomic E-state index is -1.51. The third kappa shape index (κ3) is 4.05. The van der Waals surface area contributed by atoms with E-state index in [1.165, 1.54) is 5.56 Å². The van der Waals surface area contributed by atoms with Gasteiger partial charge < -0.3 is 4.90 Å². The molecule has 0 amide bonds. The van der Waals surface area contributed by atoms with Crippen molar-refractivity contribution in [3.63, 3.8) is 0 Å². The van der Waals surface area contributed by atoms with Crippen LogP contribution in [0.3, 0.4) is 0 Å². The third-order valence-corrected chi connectivity index (χ3v) is 6.72. The fourth-order valence-electron chi connectivity index (χ4n) is 4.23. The lowest BCUT2D eigenvalue weighted by molar-refractivity contribution is 0.104. The number of allylic oxidation sites excluding steroid dienone is 2. The molecule has 0 bridgehead atoms. The highest BCUT2D eigenvalue weighted by molar-refractivity contribution is 6.66. The zero-order valence-electron chi connectivity index (χ0n) is 16.6. The van der Waals surface area contributed by atoms with Gasteiger partial charge in [-0.05, 0) is 43.5 Å². The van der Waals surface area contributed by atoms with Gasteiger partial charge in [-0.2, -0.15) is 0 Å². The maximum atomic E-state index is 13.1. The van der Waals surface area contributed by atoms with E-state index in [0.717, 1.165) is 30.8 Å². The summed E-state index contributed by atoms with van der Waals surface area (Å²) in [6, 6.07) is 12.7. The number of carbonyl (C=O) groups excluding carboxylic acids is 1. The molecule has 0 fully saturated rings. The fourth-order valence-corrected chi connectivity index (χ4v) is 4.78. The first kappa shape index (κ1) is 22.5. The summed E-state index contributed by atoms with van der Waals surface area (Å²) in [6.45, 7) is 7.17. The van der Waals surface area contributed by atoms with E-state index >= 15 is 0 Å². The zero-order chi connectivity index (χ0) is 21.4. The van der Waals surface area contributed by atoms with Gasteiger partial charge in [0, 0.05) is 45.6 Å². The fraction of sp³-hybridized carbons (Fsp3) is 0.348. The summed E-state index contributed by atoms with van der Waals surface area (Å²) < 4.78 is -1.51. The maximum absolute atomic E-state index is 13.1. The summed E-state index contributed by atoms with van der Waals surface area (Å²) in [5, 5.41) is 0.709. The molecule has 0 saturated carbocycles. The minimum Gasteiger partial charge on any atom is -0.344 e. The quantitative estimate of drug-likeness (QED) is 0.252. The van der Waals surface area contributed by atoms with Crippen molar-refractivity contribution >= 4 is 57.9 Å². The molecule has 1 heterocycles. The normalized spacial score (nSPS) is 16.9. The van der Waals surface area contributed by atoms with E-state index in [1.54, 1.807) is 30.3 Å². The molecule has 1 aliphatic rings. The van der Waals surface area contributed by atoms with Gasteiger partial charge in [0.2, 0.25) is 3.79 Å². The van der Waals surface area contributed by atoms with Gasteiger partial charge in [-0.15, -0.1) is 0 Å². The molecule has 2 nitrogen and oxygen atoms in total. The van der Waals surface area contributed by atoms with Crippen molar-refractivity contribution in [3.05, 3.63) is 76.0 Å². The number of hydrogen-bond donors (Lipinski definition) is 0. The van der Waals surface area contributed by atoms with E-state index in [4.69, 9.17) is 46.4 Å². The molecular weight excluding hydrogens is 448 g/mol. The number of carbonyl (C=O) groups is 1. The van der Waals surface area contributed by atoms with E-state index in [1.807, 2.05) is 18.2 Å². The smallest absolute Gasteiger partial charge is 0.216 e. The van der Waals surface area contributed by atoms with Crippen LogP contribution in [0.25, 0.3) is 0 Å². The molecule has 0 spiro atoms. The second-order valence-corrected chi connectivity index (χ2v) is 9.88. The van der Waals surface area contributed by atoms with Gasteiger partial charge in [-0.1, -0.05) is 84.5 Å². The summed E-state index contributed by atoms with van der Waals surface area (Å²) >= 11 is 24.1. The molecule has 0 aromatic heterocycles. The second-order valence-electron chi connectivity index (χ2n) is 7.16. The Morgan fingerprint density at radius 1 is 1.03 bits per heavy atom. The van der Waals surface area contributed by atoms with Crippen LogP contribution in [0.4, 0.5) is 5.69 Å². The monoisotopic (exact) mass is 469 g/mol. The van der Waals surface area contributed by atoms with E-state index in [-0.39, 0.29) is 11.2 Å². The highest BCUT2D eigenvalue weighted by Gasteiger charge is 2.44. The Hall–Kier alpha value is -1.19. The molecular formula is C23H23Cl4NO. The Morgan fingerprint density at radius 3 is 2.17 bits per heavy atom. The van der Waals surface area contributed by atoms with Crippen LogP contribution < -0.4 is 4.90 Å². The van der Waals surface area contributed by atoms with Crippen LogP contribution in [0, 0.1) is 0 Å². The van der Waals surface area contributed by atoms with Crippen LogP contribution in [-0.2, 0) is 9.21 Å². The molecule has 2 aromatic carbocycles. The molecule has 6 heteroatoms. The lowest BCUT2D eigenvalue weighted by Crippen LogP contribution is -2.31. The van der Waals surface area contributed by atoms with Crippen molar-refractivity contribution in [2.24, 2.45) is 0 Å². The van der Waals surface area contributed by atoms with Crippen molar-refractivity contribution in [2.75, 3.05) is 11.4 Å². The van der Waals surface area contributed by atoms with Gasteiger partial charge in [-0.25, -0.2) is 0 Å². The molecule has 3 rings (SSSR count). The molecule has 0 N–H and O–H groups in total. The predicted octanol–water partition coefficient (Wildman–Crippen LogP) is 7.83. The first-order valence-corrected chi connectivity index (χ1v) is 11.2. The van der Waals surface area contributed by atoms with Crippen LogP contribution in [0.2, 0.25) is 5.02 Å². The predicted molar refractivity (Wildman–Crippen MR) is 125 cm³/mol. The van der Waals surface area contributed by atoms with Crippen LogP contribution in [-0.4, -0.2) is 12.3 Å². The van der Waals surface area contributed by atoms with Gasteiger partial charge >= 0.3 is 0 Å². The molecule has 0 atom stereocenters. The summed E-state index contributed by atoms with van der Waals surface area (Å²) in [7, 11) is 0. The number of alkyl halides is 3. The number of anilines is 1. The summed E-state index contributed by atoms with van der Waals surface area (Å²) in [5.41, 5.74) is 4.15. The highest BCUT2D eigenvalue weighted by Crippen LogP contribution is 2.52. The molecule has 0 saturated heterocycles. The lowest BCUT2D eigenvalue weighted by atomic mass is 9.74. The number of benzene rings is 2. The van der Waals surface area contributed by atoms with Crippen LogP contribution in [0.5, 0.6) is 0 Å². The van der Waals surface area contributed by atoms with Crippen molar-refractivity contribution in [3.8, 4) is 0 Å². The Kier molecular flexibility index (Phi) is 6.60. The number of ketones is 1. The van der Waals surface area contributed by atoms with Crippen molar-refractivity contribution < 1.29 is 4.79 Å². The lowest BCUT2D eigenvalue weighted by Gasteiger charge is -2.31. The zero-order valence-corrected chi connectivity index (χ0v) is 19.6. The number of nitrogens with zero attached hydrogens (tertiary/aromatic N) is 1. The van der Waals surface area contributed by atoms with Crippen molar-refractivity contribution in [1.29, 1.82) is 0 Å². The van der Waals surface area contributed by atoms with Crippen LogP contribution in [0.15, 0.2) is 54.2 Å². The summed E-state index contributed by atoms with van der Waals surface area (Å²) in [5.74, 6) is -0.0699. The largest absolute Gasteiger partial charge is 0.344 e. The average Bonchev–Trinajstić information content (AvgIpc) is 2.95. The topological polar surface area (TPSA) is 20.3 Å². The van der Waals surface area contributed by atoms with Gasteiger partial charge in [-0.3, -0.25) is 4.79 Å². The Labute approximate surface area is 192 Å². The van der Waals surface area contributed by atoms with Crippen LogP contribution >= 0.6 is 46.4 Å². The van der Waals surface area contributed by atoms with E-state index < -0.39 is 3.79 Å². The van der Waals surface area contributed by atoms with Gasteiger partial charge in [0.25, 0.3) is 0 Å². The van der Waals surface area contributed by atoms with Crippen molar-refractivity contribution in [1.82, 2.24) is 0 Å². The Bertz CT molecular complexity index is 940. The van der Waals surface area contributed by atoms with Crippen molar-refractivity contribution in [2.45, 2.75) is 42.8 Å². The number of rotatable bonds is 5. The van der Waals surface area contributed by atoms with E-state index in [2.05, 4.69) is 25.7 Å². The van der Waals surface area contributed by atoms with Crippen LogP contribution in [0.1, 0.15) is 55.1 Å². The molecule has 0 unspecified atom stereocenters. The first-order valence-electron chi connectivity index (χ1n) is 9.69. The molecule has 154 valence electrons. The minimum absolute atomic E-state index is 0.0699. The molecule has 0 aliphatic carbocycles. The number of fused-ring (bicyclic) bond motifs is 1. The summed E-state index contributed by atoms with van der Waals surface area (Å²) in [6.07, 6.45) is 3.51. The second kappa shape index (κ2) is 8.51. The number of hydrogen-bond acceptors (Lipinski definition) is 2. The van der Waals surface area contributed by atoms with Gasteiger partial charge in [0.1, 0.15) is 0 Å². The van der Waals surface area contributed by atoms with E-state index in [9.17, 15) is 4.79 Å². The Morgan fingerprint density at radius 2 is 1.66 bits per heavy atom. The Balaban J connectivity index is 2.07. The van der Waals surface area contributed by atoms with Gasteiger partial charge in [0.15, 0.2) is 5.78 Å². The average molecular weight is 471 g/mol. The molecule has 29 heavy (non-hydrogen) atoms. The number of likely N-dealkylation sites (N-methyl/N-ethyl adjacent to an activating group) is 1. The van der Waals surface area contributed by atoms with E-state index in [0.29, 0.717) is 16.1 Å². The van der Waals surface area contributed by atoms with Gasteiger partial charge in [0.05, 0.1) is 0 Å². The number of halogens is 4.